The molecule has 0 radical (unpaired) electrons. The molecular formula is C26H23N3O3. The highest BCUT2D eigenvalue weighted by Gasteiger charge is 2.14. The van der Waals surface area contributed by atoms with Crippen molar-refractivity contribution in [1.29, 1.82) is 0 Å². The molecule has 6 nitrogen and oxygen atoms in total. The first-order valence-electron chi connectivity index (χ1n) is 10.2. The third-order valence-corrected chi connectivity index (χ3v) is 4.39. The van der Waals surface area contributed by atoms with Gasteiger partial charge in [0, 0.05) is 5.56 Å². The van der Waals surface area contributed by atoms with Gasteiger partial charge in [-0.25, -0.2) is 0 Å². The Kier molecular flexibility index (Phi) is 6.41. The molecule has 0 atom stereocenters. The molecule has 1 aromatic heterocycles. The Morgan fingerprint density at radius 1 is 0.625 bits per heavy atom. The number of nitrogens with zero attached hydrogens (tertiary/aromatic N) is 3. The second-order valence-electron chi connectivity index (χ2n) is 7.33. The zero-order chi connectivity index (χ0) is 22.3. The fourth-order valence-corrected chi connectivity index (χ4v) is 2.92. The second kappa shape index (κ2) is 9.75. The summed E-state index contributed by atoms with van der Waals surface area (Å²) in [6.07, 6.45) is 2.03. The van der Waals surface area contributed by atoms with E-state index in [-0.39, 0.29) is 18.0 Å². The number of aromatic nitrogens is 3. The van der Waals surface area contributed by atoms with Crippen LogP contribution < -0.4 is 14.2 Å². The number of allylic oxidation sites excluding steroid dienone is 1. The molecule has 0 saturated carbocycles. The molecule has 0 saturated heterocycles. The molecule has 0 unspecified atom stereocenters. The van der Waals surface area contributed by atoms with Gasteiger partial charge < -0.3 is 14.2 Å². The number of para-hydroxylation sites is 3. The monoisotopic (exact) mass is 425 g/mol. The van der Waals surface area contributed by atoms with Crippen LogP contribution in [0.4, 0.5) is 0 Å². The molecule has 0 fully saturated rings. The number of ether oxygens (including phenoxy) is 3. The summed E-state index contributed by atoms with van der Waals surface area (Å²) >= 11 is 0. The summed E-state index contributed by atoms with van der Waals surface area (Å²) in [6.45, 7) is 6.00. The molecule has 0 spiro atoms. The van der Waals surface area contributed by atoms with Crippen LogP contribution in [0.25, 0.3) is 6.08 Å². The van der Waals surface area contributed by atoms with Gasteiger partial charge in [-0.2, -0.15) is 0 Å². The van der Waals surface area contributed by atoms with Crippen LogP contribution in [-0.4, -0.2) is 15.0 Å². The molecule has 6 heteroatoms. The number of hydrogen-bond acceptors (Lipinski definition) is 6. The molecule has 4 aromatic rings. The van der Waals surface area contributed by atoms with Crippen molar-refractivity contribution in [3.8, 4) is 35.3 Å². The Labute approximate surface area is 187 Å². The number of rotatable bonds is 7. The standard InChI is InChI=1S/C26H23N3O3/c1-18(2)17-20-12-8-10-16-23(20)32-26-28-24(30-21-13-5-4-6-14-21)27-25(29-26)31-22-15-9-7-11-19(22)3/h4-17H,1-3H3. The van der Waals surface area contributed by atoms with Gasteiger partial charge in [-0.3, -0.25) is 0 Å². The van der Waals surface area contributed by atoms with Crippen LogP contribution in [0, 0.1) is 6.92 Å². The third-order valence-electron chi connectivity index (χ3n) is 4.39. The van der Waals surface area contributed by atoms with Crippen molar-refractivity contribution in [2.24, 2.45) is 0 Å². The summed E-state index contributed by atoms with van der Waals surface area (Å²) in [5.41, 5.74) is 3.02. The van der Waals surface area contributed by atoms with Crippen LogP contribution in [0.1, 0.15) is 25.0 Å². The normalized spacial score (nSPS) is 10.3. The second-order valence-corrected chi connectivity index (χ2v) is 7.33. The molecule has 0 aliphatic rings. The van der Waals surface area contributed by atoms with Crippen molar-refractivity contribution in [2.45, 2.75) is 20.8 Å². The van der Waals surface area contributed by atoms with Gasteiger partial charge in [0.2, 0.25) is 0 Å². The Morgan fingerprint density at radius 2 is 1.16 bits per heavy atom. The van der Waals surface area contributed by atoms with Crippen molar-refractivity contribution in [3.63, 3.8) is 0 Å². The minimum atomic E-state index is 0.0733. The van der Waals surface area contributed by atoms with Gasteiger partial charge >= 0.3 is 18.0 Å². The zero-order valence-corrected chi connectivity index (χ0v) is 18.1. The lowest BCUT2D eigenvalue weighted by Crippen LogP contribution is -2.02. The van der Waals surface area contributed by atoms with Crippen LogP contribution in [-0.2, 0) is 0 Å². The van der Waals surface area contributed by atoms with Crippen molar-refractivity contribution in [2.75, 3.05) is 0 Å². The highest BCUT2D eigenvalue weighted by Crippen LogP contribution is 2.30. The summed E-state index contributed by atoms with van der Waals surface area (Å²) in [6, 6.07) is 24.8. The molecule has 32 heavy (non-hydrogen) atoms. The lowest BCUT2D eigenvalue weighted by atomic mass is 10.1. The van der Waals surface area contributed by atoms with Gasteiger partial charge in [0.15, 0.2) is 0 Å². The van der Waals surface area contributed by atoms with E-state index in [1.165, 1.54) is 0 Å². The van der Waals surface area contributed by atoms with Crippen LogP contribution >= 0.6 is 0 Å². The lowest BCUT2D eigenvalue weighted by molar-refractivity contribution is 0.361. The lowest BCUT2D eigenvalue weighted by Gasteiger charge is -2.11. The van der Waals surface area contributed by atoms with Crippen molar-refractivity contribution >= 4 is 6.08 Å². The topological polar surface area (TPSA) is 66.4 Å². The maximum Gasteiger partial charge on any atom is 0.331 e. The van der Waals surface area contributed by atoms with E-state index >= 15 is 0 Å². The molecular weight excluding hydrogens is 402 g/mol. The fourth-order valence-electron chi connectivity index (χ4n) is 2.92. The van der Waals surface area contributed by atoms with E-state index in [2.05, 4.69) is 15.0 Å². The van der Waals surface area contributed by atoms with E-state index < -0.39 is 0 Å². The first-order chi connectivity index (χ1) is 15.6. The van der Waals surface area contributed by atoms with Gasteiger partial charge in [-0.05, 0) is 50.6 Å². The fraction of sp³-hybridized carbons (Fsp3) is 0.115. The molecule has 1 heterocycles. The predicted octanol–water partition coefficient (Wildman–Crippen LogP) is 6.98. The first-order valence-corrected chi connectivity index (χ1v) is 10.2. The number of aryl methyl sites for hydroxylation is 1. The van der Waals surface area contributed by atoms with Gasteiger partial charge in [0.25, 0.3) is 0 Å². The quantitative estimate of drug-likeness (QED) is 0.318. The zero-order valence-electron chi connectivity index (χ0n) is 18.1. The molecule has 0 aliphatic carbocycles. The van der Waals surface area contributed by atoms with Crippen molar-refractivity contribution in [3.05, 3.63) is 95.6 Å². The summed E-state index contributed by atoms with van der Waals surface area (Å²) < 4.78 is 17.8. The highest BCUT2D eigenvalue weighted by molar-refractivity contribution is 5.59. The number of hydrogen-bond donors (Lipinski definition) is 0. The molecule has 0 aliphatic heterocycles. The van der Waals surface area contributed by atoms with Crippen LogP contribution in [0.15, 0.2) is 84.4 Å². The van der Waals surface area contributed by atoms with Crippen LogP contribution in [0.2, 0.25) is 0 Å². The van der Waals surface area contributed by atoms with E-state index in [1.54, 1.807) is 0 Å². The Bertz CT molecular complexity index is 1240. The molecule has 0 bridgehead atoms. The van der Waals surface area contributed by atoms with E-state index in [0.717, 1.165) is 16.7 Å². The maximum absolute atomic E-state index is 6.03. The van der Waals surface area contributed by atoms with Crippen molar-refractivity contribution in [1.82, 2.24) is 15.0 Å². The Morgan fingerprint density at radius 3 is 1.81 bits per heavy atom. The van der Waals surface area contributed by atoms with E-state index in [4.69, 9.17) is 14.2 Å². The van der Waals surface area contributed by atoms with E-state index in [0.29, 0.717) is 17.2 Å². The van der Waals surface area contributed by atoms with Gasteiger partial charge in [-0.1, -0.05) is 66.2 Å². The predicted molar refractivity (Wildman–Crippen MR) is 123 cm³/mol. The summed E-state index contributed by atoms with van der Waals surface area (Å²) in [4.78, 5) is 13.0. The van der Waals surface area contributed by atoms with Gasteiger partial charge in [0.1, 0.15) is 17.2 Å². The van der Waals surface area contributed by atoms with E-state index in [1.807, 2.05) is 106 Å². The average Bonchev–Trinajstić information content (AvgIpc) is 2.77. The van der Waals surface area contributed by atoms with Crippen LogP contribution in [0.5, 0.6) is 35.3 Å². The number of benzene rings is 3. The minimum absolute atomic E-state index is 0.0733. The maximum atomic E-state index is 6.03. The first kappa shape index (κ1) is 21.1. The third kappa shape index (κ3) is 5.49. The van der Waals surface area contributed by atoms with Gasteiger partial charge in [0.05, 0.1) is 0 Å². The summed E-state index contributed by atoms with van der Waals surface area (Å²) in [5.74, 6) is 1.85. The van der Waals surface area contributed by atoms with E-state index in [9.17, 15) is 0 Å². The molecule has 160 valence electrons. The largest absolute Gasteiger partial charge is 0.424 e. The Balaban J connectivity index is 1.70. The molecule has 0 amide bonds. The highest BCUT2D eigenvalue weighted by atomic mass is 16.5. The smallest absolute Gasteiger partial charge is 0.331 e. The minimum Gasteiger partial charge on any atom is -0.424 e. The average molecular weight is 425 g/mol. The summed E-state index contributed by atoms with van der Waals surface area (Å²) in [5, 5.41) is 0. The van der Waals surface area contributed by atoms with Gasteiger partial charge in [-0.15, -0.1) is 15.0 Å². The Hall–Kier alpha value is -4.19. The molecule has 4 rings (SSSR count). The van der Waals surface area contributed by atoms with Crippen LogP contribution in [0.3, 0.4) is 0 Å². The molecule has 0 N–H and O–H groups in total. The summed E-state index contributed by atoms with van der Waals surface area (Å²) in [7, 11) is 0. The van der Waals surface area contributed by atoms with Crippen molar-refractivity contribution < 1.29 is 14.2 Å². The SMILES string of the molecule is CC(C)=Cc1ccccc1Oc1nc(Oc2ccccc2)nc(Oc2ccccc2C)n1. The molecule has 3 aromatic carbocycles.